The molecule has 0 radical (unpaired) electrons. The van der Waals surface area contributed by atoms with Crippen molar-refractivity contribution in [3.05, 3.63) is 0 Å². The molecule has 0 unspecified atom stereocenters. The molecule has 0 bridgehead atoms. The van der Waals surface area contributed by atoms with Gasteiger partial charge in [0.1, 0.15) is 0 Å². The molecule has 41 heteroatoms. The summed E-state index contributed by atoms with van der Waals surface area (Å²) in [6.07, 6.45) is 0. The van der Waals surface area contributed by atoms with Gasteiger partial charge in [-0.25, -0.2) is 0 Å². The fourth-order valence-corrected chi connectivity index (χ4v) is 10.3. The molecule has 0 saturated carbocycles. The van der Waals surface area contributed by atoms with Crippen molar-refractivity contribution in [2.45, 2.75) is 0 Å². The van der Waals surface area contributed by atoms with Gasteiger partial charge in [-0.15, -0.1) is 0 Å². The second kappa shape index (κ2) is 54.9. The molecule has 0 saturated heterocycles. The third kappa shape index (κ3) is 256. The van der Waals surface area contributed by atoms with E-state index in [1.165, 1.54) is 0 Å². The molecule has 0 aromatic heterocycles. The number of hydrogen-bond acceptors (Lipinski definition) is 14. The second-order valence-electron chi connectivity index (χ2n) is 2.46. The van der Waals surface area contributed by atoms with Crippen molar-refractivity contribution in [3.63, 3.8) is 0 Å². The standard InChI is InChI=1S/7Mo.6H3N.18H2O.10O/h;;;;;;;6*1H3;18*1H2;;;;;;;;;;/q;;;2*+1;2*+2;;;;;;;;;;;;;;;;;;;;;;;;;;;;;;;;;2*-1/p-4. The molecule has 290 valence electrons. The zero-order chi connectivity index (χ0) is 17.3. The van der Waals surface area contributed by atoms with E-state index in [4.69, 9.17) is 22.6 Å². The van der Waals surface area contributed by atoms with Crippen LogP contribution in [0.5, 0.6) is 0 Å². The summed E-state index contributed by atoms with van der Waals surface area (Å²) in [6, 6.07) is 0. The molecule has 0 spiro atoms. The van der Waals surface area contributed by atoms with Crippen LogP contribution in [0.2, 0.25) is 0 Å². The van der Waals surface area contributed by atoms with Crippen LogP contribution in [0.25, 0.3) is 0 Å². The number of quaternary nitrogens is 6. The predicted octanol–water partition coefficient (Wildman–Crippen LogP) is -11.6. The Morgan fingerprint density at radius 3 is 0.512 bits per heavy atom. The molecule has 41 heavy (non-hydrogen) atoms. The van der Waals surface area contributed by atoms with Gasteiger partial charge in [-0.3, -0.25) is 0 Å². The molecule has 0 aromatic rings. The van der Waals surface area contributed by atoms with Crippen LogP contribution in [0.4, 0.5) is 0 Å². The van der Waals surface area contributed by atoms with Crippen molar-refractivity contribution in [2.75, 3.05) is 0 Å². The van der Waals surface area contributed by atoms with Crippen LogP contribution >= 0.6 is 0 Å². The Bertz CT molecular complexity index is 620. The molecule has 50 N–H and O–H groups in total. The Morgan fingerprint density at radius 2 is 0.512 bits per heavy atom. The molecular formula is H50Mo7N6O28. The Labute approximate surface area is 283 Å². The summed E-state index contributed by atoms with van der Waals surface area (Å²) < 4.78 is 129. The molecule has 0 aliphatic rings. The van der Waals surface area contributed by atoms with E-state index in [1.54, 1.807) is 0 Å². The molecule has 0 rings (SSSR count). The first-order valence-electron chi connectivity index (χ1n) is 3.10. The van der Waals surface area contributed by atoms with Gasteiger partial charge in [-0.05, 0) is 0 Å². The second-order valence-corrected chi connectivity index (χ2v) is 18.5. The van der Waals surface area contributed by atoms with E-state index < -0.39 is 66.1 Å². The average molecular weight is 1250 g/mol. The van der Waals surface area contributed by atoms with E-state index in [2.05, 4.69) is 4.09 Å². The topological polar surface area (TPSA) is 879 Å². The first kappa shape index (κ1) is 187. The normalized spacial score (nSPS) is 8.68. The summed E-state index contributed by atoms with van der Waals surface area (Å²) in [5.74, 6) is 0. The van der Waals surface area contributed by atoms with E-state index in [0.717, 1.165) is 0 Å². The van der Waals surface area contributed by atoms with Gasteiger partial charge in [0, 0.05) is 63.2 Å². The van der Waals surface area contributed by atoms with E-state index >= 15 is 0 Å². The zero-order valence-corrected chi connectivity index (χ0v) is 35.5. The van der Waals surface area contributed by atoms with E-state index in [1.807, 2.05) is 0 Å². The Balaban J connectivity index is -0.00000000498. The van der Waals surface area contributed by atoms with Crippen LogP contribution in [-0.4, -0.2) is 88.3 Å². The van der Waals surface area contributed by atoms with Crippen molar-refractivity contribution in [3.8, 4) is 0 Å². The van der Waals surface area contributed by atoms with Gasteiger partial charge in [0.2, 0.25) is 0 Å². The van der Waals surface area contributed by atoms with Crippen LogP contribution in [-0.2, 0) is 154 Å². The van der Waals surface area contributed by atoms with Crippen LogP contribution in [0, 0.1) is 0 Å². The maximum absolute atomic E-state index is 9.71. The van der Waals surface area contributed by atoms with Gasteiger partial charge in [-0.2, -0.15) is 0 Å². The Hall–Kier alpha value is 2.50. The quantitative estimate of drug-likeness (QED) is 0.116. The van der Waals surface area contributed by atoms with Crippen molar-refractivity contribution < 1.29 is 250 Å². The van der Waals surface area contributed by atoms with Crippen LogP contribution in [0.1, 0.15) is 0 Å². The first-order valence-corrected chi connectivity index (χ1v) is 18.3. The molecular weight excluding hydrogens is 1200 g/mol. The monoisotopic (exact) mass is 1270 g/mol. The molecule has 0 atom stereocenters. The van der Waals surface area contributed by atoms with Gasteiger partial charge in [-0.1, -0.05) is 0 Å². The van der Waals surface area contributed by atoms with Gasteiger partial charge in [0.15, 0.2) is 0 Å². The third-order valence-electron chi connectivity index (χ3n) is 0.405. The summed E-state index contributed by atoms with van der Waals surface area (Å²) in [4.78, 5) is 0. The maximum atomic E-state index is 9.71. The van der Waals surface area contributed by atoms with Crippen molar-refractivity contribution >= 4 is 0 Å². The molecule has 0 aliphatic heterocycles. The molecule has 0 aliphatic carbocycles. The van der Waals surface area contributed by atoms with Crippen molar-refractivity contribution in [1.82, 2.24) is 36.9 Å². The molecule has 0 aromatic carbocycles. The number of hydrogen-bond donors (Lipinski definition) is 12. The first-order chi connectivity index (χ1) is 7.92. The zero-order valence-electron chi connectivity index (χ0n) is 21.4. The van der Waals surface area contributed by atoms with Crippen LogP contribution in [0.15, 0.2) is 0 Å². The van der Waals surface area contributed by atoms with Crippen molar-refractivity contribution in [2.24, 2.45) is 0 Å². The molecule has 0 heterocycles. The Kier molecular flexibility index (Phi) is 251. The fraction of sp³-hybridized carbons (Fsp3) is 0. The fourth-order valence-electron chi connectivity index (χ4n) is 0.294. The number of rotatable bonds is 4. The van der Waals surface area contributed by atoms with Crippen molar-refractivity contribution in [1.29, 1.82) is 0 Å². The molecule has 34 nitrogen and oxygen atoms in total. The van der Waals surface area contributed by atoms with Gasteiger partial charge < -0.3 is 103 Å². The Morgan fingerprint density at radius 1 is 0.439 bits per heavy atom. The summed E-state index contributed by atoms with van der Waals surface area (Å²) >= 11 is -28.1. The minimum atomic E-state index is -7.68. The molecule has 0 amide bonds. The SMILES string of the molecule is O.O.O.O.O.O.O.O.[Mo].[Mo].[Mo].[NH4+].[NH4+].[NH4+].[NH4+].[NH4+].[NH4+].[OH-].[OH-].[OH-].[OH-].[O]=[Mo](=[O])([OH])[O][Mo](=[O])([O-])([OH])[OH].[O]=[Mo](=[O])([OH])[O][Mo](=[O])([O-])([OH])[OH]. The third-order valence-corrected chi connectivity index (χ3v) is 14.2. The van der Waals surface area contributed by atoms with Gasteiger partial charge in [0.25, 0.3) is 0 Å². The summed E-state index contributed by atoms with van der Waals surface area (Å²) in [5, 5.41) is 0. The average Bonchev–Trinajstić information content (AvgIpc) is 1.58. The predicted molar refractivity (Wildman–Crippen MR) is 92.2 cm³/mol. The summed E-state index contributed by atoms with van der Waals surface area (Å²) in [6.45, 7) is 0. The van der Waals surface area contributed by atoms with Gasteiger partial charge >= 0.3 is 121 Å². The van der Waals surface area contributed by atoms with E-state index in [9.17, 15) is 27.9 Å². The van der Waals surface area contributed by atoms with Gasteiger partial charge in [0.05, 0.1) is 0 Å². The van der Waals surface area contributed by atoms with Crippen LogP contribution < -0.4 is 44.4 Å². The summed E-state index contributed by atoms with van der Waals surface area (Å²) in [5.41, 5.74) is 0. The van der Waals surface area contributed by atoms with E-state index in [0.29, 0.717) is 0 Å². The van der Waals surface area contributed by atoms with Crippen LogP contribution in [0.3, 0.4) is 0 Å². The minimum absolute atomic E-state index is 0. The molecule has 0 fully saturated rings. The van der Waals surface area contributed by atoms with E-state index in [-0.39, 0.29) is 166 Å². The summed E-state index contributed by atoms with van der Waals surface area (Å²) in [7, 11) is 0.